The molecule has 1 aliphatic carbocycles. The number of aromatic nitrogens is 1. The molecule has 5 nitrogen and oxygen atoms in total. The molecule has 0 N–H and O–H groups in total. The second kappa shape index (κ2) is 7.86. The van der Waals surface area contributed by atoms with Gasteiger partial charge in [-0.15, -0.1) is 0 Å². The first-order valence-corrected chi connectivity index (χ1v) is 11.3. The van der Waals surface area contributed by atoms with Crippen LogP contribution in [0.1, 0.15) is 66.9 Å². The van der Waals surface area contributed by atoms with Gasteiger partial charge >= 0.3 is 0 Å². The lowest BCUT2D eigenvalue weighted by Crippen LogP contribution is -2.67. The predicted octanol–water partition coefficient (Wildman–Crippen LogP) is 4.22. The zero-order valence-electron chi connectivity index (χ0n) is 17.4. The Bertz CT molecular complexity index is 901. The summed E-state index contributed by atoms with van der Waals surface area (Å²) >= 11 is 0. The summed E-state index contributed by atoms with van der Waals surface area (Å²) in [5, 5.41) is 0. The van der Waals surface area contributed by atoms with Crippen LogP contribution in [0.15, 0.2) is 54.9 Å². The van der Waals surface area contributed by atoms with Crippen LogP contribution in [0.25, 0.3) is 0 Å². The van der Waals surface area contributed by atoms with Gasteiger partial charge in [-0.05, 0) is 55.5 Å². The van der Waals surface area contributed by atoms with Crippen LogP contribution in [0.5, 0.6) is 0 Å². The molecule has 3 heterocycles. The molecule has 0 radical (unpaired) electrons. The van der Waals surface area contributed by atoms with E-state index in [0.717, 1.165) is 44.1 Å². The number of rotatable bonds is 3. The smallest absolute Gasteiger partial charge is 0.253 e. The molecule has 2 aliphatic heterocycles. The minimum Gasteiger partial charge on any atom is -0.338 e. The van der Waals surface area contributed by atoms with Gasteiger partial charge in [0, 0.05) is 37.1 Å². The number of likely N-dealkylation sites (tertiary alicyclic amines) is 2. The molecule has 1 unspecified atom stereocenters. The Morgan fingerprint density at radius 2 is 1.60 bits per heavy atom. The van der Waals surface area contributed by atoms with Crippen molar-refractivity contribution in [1.29, 1.82) is 0 Å². The zero-order chi connectivity index (χ0) is 20.6. The molecule has 30 heavy (non-hydrogen) atoms. The first kappa shape index (κ1) is 19.3. The summed E-state index contributed by atoms with van der Waals surface area (Å²) in [5.41, 5.74) is 1.75. The molecule has 2 saturated heterocycles. The van der Waals surface area contributed by atoms with Gasteiger partial charge in [-0.1, -0.05) is 37.5 Å². The maximum Gasteiger partial charge on any atom is 0.253 e. The van der Waals surface area contributed by atoms with Gasteiger partial charge in [0.15, 0.2) is 0 Å². The van der Waals surface area contributed by atoms with Gasteiger partial charge in [-0.2, -0.15) is 0 Å². The molecule has 1 saturated carbocycles. The quantitative estimate of drug-likeness (QED) is 0.721. The number of pyridine rings is 1. The Kier molecular flexibility index (Phi) is 5.05. The standard InChI is InChI=1S/C25H29N3O2/c29-23(20-7-3-1-4-8-20)27-17-11-21(12-18-27)28-22(19-9-15-26-16-10-19)25(24(28)30)13-5-2-6-14-25/h1,3-4,7-10,15-16,21-22H,2,5-6,11-14,17-18H2. The Morgan fingerprint density at radius 3 is 2.27 bits per heavy atom. The minimum atomic E-state index is -0.212. The number of carbonyl (C=O) groups is 2. The van der Waals surface area contributed by atoms with E-state index in [1.54, 1.807) is 0 Å². The maximum atomic E-state index is 13.5. The Hall–Kier alpha value is -2.69. The van der Waals surface area contributed by atoms with E-state index in [2.05, 4.69) is 22.0 Å². The molecular weight excluding hydrogens is 374 g/mol. The van der Waals surface area contributed by atoms with E-state index < -0.39 is 0 Å². The van der Waals surface area contributed by atoms with Crippen LogP contribution in [-0.2, 0) is 4.79 Å². The van der Waals surface area contributed by atoms with Crippen molar-refractivity contribution in [1.82, 2.24) is 14.8 Å². The highest BCUT2D eigenvalue weighted by Gasteiger charge is 2.62. The summed E-state index contributed by atoms with van der Waals surface area (Å²) in [6, 6.07) is 14.0. The highest BCUT2D eigenvalue weighted by molar-refractivity contribution is 5.94. The van der Waals surface area contributed by atoms with Crippen molar-refractivity contribution in [3.05, 3.63) is 66.0 Å². The van der Waals surface area contributed by atoms with Gasteiger partial charge in [0.2, 0.25) is 5.91 Å². The second-order valence-electron chi connectivity index (χ2n) is 9.00. The first-order valence-electron chi connectivity index (χ1n) is 11.3. The molecule has 1 spiro atoms. The number of piperidine rings is 1. The van der Waals surface area contributed by atoms with Crippen molar-refractivity contribution in [2.75, 3.05) is 13.1 Å². The molecule has 1 aromatic heterocycles. The van der Waals surface area contributed by atoms with Crippen molar-refractivity contribution >= 4 is 11.8 Å². The highest BCUT2D eigenvalue weighted by Crippen LogP contribution is 2.59. The molecule has 5 heteroatoms. The molecule has 0 bridgehead atoms. The van der Waals surface area contributed by atoms with E-state index in [1.165, 1.54) is 12.0 Å². The van der Waals surface area contributed by atoms with Crippen molar-refractivity contribution in [2.45, 2.75) is 57.0 Å². The number of β-lactam (4-membered cyclic amide) rings is 1. The van der Waals surface area contributed by atoms with Gasteiger partial charge in [-0.3, -0.25) is 14.6 Å². The average molecular weight is 404 g/mol. The topological polar surface area (TPSA) is 53.5 Å². The molecule has 1 aromatic carbocycles. The summed E-state index contributed by atoms with van der Waals surface area (Å²) in [4.78, 5) is 34.6. The van der Waals surface area contributed by atoms with Crippen molar-refractivity contribution in [3.63, 3.8) is 0 Å². The Morgan fingerprint density at radius 1 is 0.933 bits per heavy atom. The summed E-state index contributed by atoms with van der Waals surface area (Å²) in [6.07, 6.45) is 10.9. The third-order valence-corrected chi connectivity index (χ3v) is 7.40. The maximum absolute atomic E-state index is 13.5. The van der Waals surface area contributed by atoms with Crippen LogP contribution in [0.2, 0.25) is 0 Å². The largest absolute Gasteiger partial charge is 0.338 e. The predicted molar refractivity (Wildman–Crippen MR) is 115 cm³/mol. The second-order valence-corrected chi connectivity index (χ2v) is 9.00. The third kappa shape index (κ3) is 3.11. The summed E-state index contributed by atoms with van der Waals surface area (Å²) in [7, 11) is 0. The molecule has 2 amide bonds. The van der Waals surface area contributed by atoms with Gasteiger partial charge < -0.3 is 9.80 Å². The van der Waals surface area contributed by atoms with E-state index in [4.69, 9.17) is 0 Å². The Labute approximate surface area is 178 Å². The highest BCUT2D eigenvalue weighted by atomic mass is 16.2. The molecule has 5 rings (SSSR count). The van der Waals surface area contributed by atoms with Gasteiger partial charge in [0.1, 0.15) is 0 Å². The molecule has 3 fully saturated rings. The number of carbonyl (C=O) groups excluding carboxylic acids is 2. The molecule has 3 aliphatic rings. The van der Waals surface area contributed by atoms with E-state index in [9.17, 15) is 9.59 Å². The monoisotopic (exact) mass is 403 g/mol. The summed E-state index contributed by atoms with van der Waals surface area (Å²) < 4.78 is 0. The van der Waals surface area contributed by atoms with Crippen LogP contribution < -0.4 is 0 Å². The molecule has 2 aromatic rings. The molecule has 1 atom stereocenters. The fourth-order valence-corrected chi connectivity index (χ4v) is 5.87. The fraction of sp³-hybridized carbons (Fsp3) is 0.480. The fourth-order valence-electron chi connectivity index (χ4n) is 5.87. The Balaban J connectivity index is 1.33. The normalized spacial score (nSPS) is 24.0. The number of hydrogen-bond donors (Lipinski definition) is 0. The van der Waals surface area contributed by atoms with Crippen LogP contribution >= 0.6 is 0 Å². The van der Waals surface area contributed by atoms with Gasteiger partial charge in [0.25, 0.3) is 5.91 Å². The van der Waals surface area contributed by atoms with E-state index in [0.29, 0.717) is 19.0 Å². The third-order valence-electron chi connectivity index (χ3n) is 7.40. The lowest BCUT2D eigenvalue weighted by Gasteiger charge is -2.61. The zero-order valence-corrected chi connectivity index (χ0v) is 17.4. The van der Waals surface area contributed by atoms with Crippen LogP contribution in [0.3, 0.4) is 0 Å². The van der Waals surface area contributed by atoms with E-state index >= 15 is 0 Å². The summed E-state index contributed by atoms with van der Waals surface area (Å²) in [5.74, 6) is 0.440. The number of benzene rings is 1. The van der Waals surface area contributed by atoms with Crippen LogP contribution in [0, 0.1) is 5.41 Å². The van der Waals surface area contributed by atoms with Crippen molar-refractivity contribution in [3.8, 4) is 0 Å². The van der Waals surface area contributed by atoms with Crippen LogP contribution in [0.4, 0.5) is 0 Å². The van der Waals surface area contributed by atoms with E-state index in [1.807, 2.05) is 47.6 Å². The number of nitrogens with zero attached hydrogens (tertiary/aromatic N) is 3. The molecule has 156 valence electrons. The SMILES string of the molecule is O=C(c1ccccc1)N1CCC(N2C(=O)C3(CCCCC3)C2c2ccncc2)CC1. The average Bonchev–Trinajstić information content (AvgIpc) is 2.83. The lowest BCUT2D eigenvalue weighted by molar-refractivity contribution is -0.186. The first-order chi connectivity index (χ1) is 14.7. The summed E-state index contributed by atoms with van der Waals surface area (Å²) in [6.45, 7) is 1.41. The lowest BCUT2D eigenvalue weighted by atomic mass is 9.59. The van der Waals surface area contributed by atoms with Gasteiger partial charge in [-0.25, -0.2) is 0 Å². The number of hydrogen-bond acceptors (Lipinski definition) is 3. The minimum absolute atomic E-state index is 0.0958. The van der Waals surface area contributed by atoms with Crippen molar-refractivity contribution < 1.29 is 9.59 Å². The van der Waals surface area contributed by atoms with Crippen molar-refractivity contribution in [2.24, 2.45) is 5.41 Å². The molecular formula is C25H29N3O2. The van der Waals surface area contributed by atoms with Crippen LogP contribution in [-0.4, -0.2) is 45.7 Å². The van der Waals surface area contributed by atoms with E-state index in [-0.39, 0.29) is 23.4 Å². The van der Waals surface area contributed by atoms with Gasteiger partial charge in [0.05, 0.1) is 11.5 Å². The number of amides is 2.